The van der Waals surface area contributed by atoms with E-state index in [-0.39, 0.29) is 16.6 Å². The Balaban J connectivity index is 2.75. The fraction of sp³-hybridized carbons (Fsp3) is 0.222. The van der Waals surface area contributed by atoms with Gasteiger partial charge < -0.3 is 15.2 Å². The molecule has 0 aliphatic heterocycles. The van der Waals surface area contributed by atoms with Gasteiger partial charge in [0, 0.05) is 0 Å². The average Bonchev–Trinajstić information content (AvgIpc) is 2.36. The number of rotatable bonds is 4. The number of nitriles is 1. The number of halogens is 3. The summed E-state index contributed by atoms with van der Waals surface area (Å²) in [5, 5.41) is 7.52. The lowest BCUT2D eigenvalue weighted by atomic mass is 10.4. The van der Waals surface area contributed by atoms with Crippen molar-refractivity contribution in [2.24, 2.45) is 0 Å². The Morgan fingerprint density at radius 2 is 2.17 bits per heavy atom. The third-order valence-electron chi connectivity index (χ3n) is 1.67. The predicted octanol–water partition coefficient (Wildman–Crippen LogP) is 1.56. The van der Waals surface area contributed by atoms with Gasteiger partial charge in [-0.05, 0) is 0 Å². The van der Waals surface area contributed by atoms with Crippen molar-refractivity contribution in [3.05, 3.63) is 16.0 Å². The summed E-state index contributed by atoms with van der Waals surface area (Å²) in [6.07, 6.45) is 0. The molecule has 1 rings (SSSR count). The Morgan fingerprint density at radius 1 is 1.50 bits per heavy atom. The first-order chi connectivity index (χ1) is 8.47. The third-order valence-corrected chi connectivity index (χ3v) is 2.39. The van der Waals surface area contributed by atoms with Crippen LogP contribution in [0.25, 0.3) is 0 Å². The SMILES string of the molecule is N#CCOC(=O)COc1nc(F)c(Cl)c(N)c1Cl. The maximum absolute atomic E-state index is 13.1. The number of aromatic nitrogens is 1. The zero-order valence-corrected chi connectivity index (χ0v) is 10.3. The standard InChI is InChI=1S/C9H6Cl2FN3O3/c10-5-7(14)6(11)9(15-8(5)12)18-3-4(16)17-2-1-13/h2-3H2,(H2,14,15). The summed E-state index contributed by atoms with van der Waals surface area (Å²) in [5.41, 5.74) is 5.14. The maximum atomic E-state index is 13.1. The lowest BCUT2D eigenvalue weighted by Gasteiger charge is -2.09. The molecule has 6 nitrogen and oxygen atoms in total. The van der Waals surface area contributed by atoms with E-state index >= 15 is 0 Å². The number of nitrogens with two attached hydrogens (primary N) is 1. The highest BCUT2D eigenvalue weighted by Gasteiger charge is 2.17. The minimum absolute atomic E-state index is 0.213. The average molecular weight is 294 g/mol. The van der Waals surface area contributed by atoms with Crippen LogP contribution in [0.4, 0.5) is 10.1 Å². The first kappa shape index (κ1) is 14.3. The minimum Gasteiger partial charge on any atom is -0.464 e. The summed E-state index contributed by atoms with van der Waals surface area (Å²) >= 11 is 11.1. The molecule has 0 saturated heterocycles. The van der Waals surface area contributed by atoms with Gasteiger partial charge in [0.25, 0.3) is 0 Å². The lowest BCUT2D eigenvalue weighted by molar-refractivity contribution is -0.144. The van der Waals surface area contributed by atoms with Gasteiger partial charge in [-0.15, -0.1) is 0 Å². The van der Waals surface area contributed by atoms with Gasteiger partial charge in [0.05, 0.1) is 5.69 Å². The fourth-order valence-electron chi connectivity index (χ4n) is 0.887. The Morgan fingerprint density at radius 3 is 2.78 bits per heavy atom. The number of hydrogen-bond acceptors (Lipinski definition) is 6. The van der Waals surface area contributed by atoms with Crippen LogP contribution in [0.3, 0.4) is 0 Å². The van der Waals surface area contributed by atoms with E-state index in [4.69, 9.17) is 38.9 Å². The highest BCUT2D eigenvalue weighted by atomic mass is 35.5. The number of anilines is 1. The predicted molar refractivity (Wildman–Crippen MR) is 60.7 cm³/mol. The van der Waals surface area contributed by atoms with E-state index in [1.54, 1.807) is 6.07 Å². The molecule has 1 aromatic rings. The largest absolute Gasteiger partial charge is 0.464 e. The second-order valence-corrected chi connectivity index (χ2v) is 3.61. The molecule has 0 radical (unpaired) electrons. The van der Waals surface area contributed by atoms with Crippen molar-refractivity contribution in [2.75, 3.05) is 18.9 Å². The highest BCUT2D eigenvalue weighted by Crippen LogP contribution is 2.35. The van der Waals surface area contributed by atoms with Crippen molar-refractivity contribution in [1.29, 1.82) is 5.26 Å². The molecule has 2 N–H and O–H groups in total. The molecule has 0 amide bonds. The van der Waals surface area contributed by atoms with Gasteiger partial charge in [-0.2, -0.15) is 14.6 Å². The summed E-state index contributed by atoms with van der Waals surface area (Å²) in [5.74, 6) is -2.28. The number of carbonyl (C=O) groups is 1. The van der Waals surface area contributed by atoms with Crippen LogP contribution in [0.2, 0.25) is 10.0 Å². The molecule has 0 aliphatic rings. The molecule has 0 saturated carbocycles. The number of carbonyl (C=O) groups excluding carboxylic acids is 1. The van der Waals surface area contributed by atoms with E-state index in [0.29, 0.717) is 0 Å². The van der Waals surface area contributed by atoms with Crippen LogP contribution >= 0.6 is 23.2 Å². The first-order valence-corrected chi connectivity index (χ1v) is 5.18. The van der Waals surface area contributed by atoms with E-state index < -0.39 is 30.2 Å². The quantitative estimate of drug-likeness (QED) is 0.668. The van der Waals surface area contributed by atoms with Crippen LogP contribution in [0.1, 0.15) is 0 Å². The number of esters is 1. The first-order valence-electron chi connectivity index (χ1n) is 4.42. The van der Waals surface area contributed by atoms with Gasteiger partial charge in [0.2, 0.25) is 11.8 Å². The van der Waals surface area contributed by atoms with E-state index in [0.717, 1.165) is 0 Å². The molecule has 0 atom stereocenters. The lowest BCUT2D eigenvalue weighted by Crippen LogP contribution is -2.16. The van der Waals surface area contributed by atoms with Crippen LogP contribution in [-0.4, -0.2) is 24.2 Å². The molecular formula is C9H6Cl2FN3O3. The fourth-order valence-corrected chi connectivity index (χ4v) is 1.26. The number of pyridine rings is 1. The van der Waals surface area contributed by atoms with Crippen LogP contribution in [-0.2, 0) is 9.53 Å². The van der Waals surface area contributed by atoms with E-state index in [1.807, 2.05) is 0 Å². The van der Waals surface area contributed by atoms with Crippen molar-refractivity contribution in [1.82, 2.24) is 4.98 Å². The summed E-state index contributed by atoms with van der Waals surface area (Å²) in [6.45, 7) is -1.00. The molecule has 9 heteroatoms. The summed E-state index contributed by atoms with van der Waals surface area (Å²) < 4.78 is 22.3. The third kappa shape index (κ3) is 3.35. The van der Waals surface area contributed by atoms with Crippen LogP contribution < -0.4 is 10.5 Å². The van der Waals surface area contributed by atoms with Gasteiger partial charge in [-0.25, -0.2) is 4.79 Å². The second-order valence-electron chi connectivity index (χ2n) is 2.86. The Hall–Kier alpha value is -1.78. The van der Waals surface area contributed by atoms with Crippen molar-refractivity contribution >= 4 is 34.9 Å². The zero-order valence-electron chi connectivity index (χ0n) is 8.74. The summed E-state index contributed by atoms with van der Waals surface area (Å²) in [4.78, 5) is 14.3. The molecule has 96 valence electrons. The van der Waals surface area contributed by atoms with Gasteiger partial charge in [0.15, 0.2) is 13.2 Å². The highest BCUT2D eigenvalue weighted by molar-refractivity contribution is 6.39. The number of nitrogens with zero attached hydrogens (tertiary/aromatic N) is 2. The summed E-state index contributed by atoms with van der Waals surface area (Å²) in [7, 11) is 0. The molecule has 1 heterocycles. The number of nitrogen functional groups attached to an aromatic ring is 1. The molecule has 0 aromatic carbocycles. The van der Waals surface area contributed by atoms with Gasteiger partial charge in [-0.1, -0.05) is 23.2 Å². The van der Waals surface area contributed by atoms with Crippen LogP contribution in [0.15, 0.2) is 0 Å². The maximum Gasteiger partial charge on any atom is 0.345 e. The van der Waals surface area contributed by atoms with Crippen molar-refractivity contribution < 1.29 is 18.7 Å². The molecule has 0 bridgehead atoms. The van der Waals surface area contributed by atoms with Crippen molar-refractivity contribution in [3.8, 4) is 11.9 Å². The van der Waals surface area contributed by atoms with Gasteiger partial charge in [-0.3, -0.25) is 0 Å². The molecule has 0 unspecified atom stereocenters. The molecule has 18 heavy (non-hydrogen) atoms. The van der Waals surface area contributed by atoms with E-state index in [1.165, 1.54) is 0 Å². The van der Waals surface area contributed by atoms with Crippen LogP contribution in [0.5, 0.6) is 5.88 Å². The van der Waals surface area contributed by atoms with Gasteiger partial charge >= 0.3 is 5.97 Å². The Kier molecular flexibility index (Phi) is 4.95. The number of ether oxygens (including phenoxy) is 2. The van der Waals surface area contributed by atoms with E-state index in [2.05, 4.69) is 9.72 Å². The molecule has 1 aromatic heterocycles. The van der Waals surface area contributed by atoms with E-state index in [9.17, 15) is 9.18 Å². The normalized spacial score (nSPS) is 9.67. The molecule has 0 aliphatic carbocycles. The van der Waals surface area contributed by atoms with Crippen molar-refractivity contribution in [3.63, 3.8) is 0 Å². The number of hydrogen-bond donors (Lipinski definition) is 1. The molecule has 0 spiro atoms. The topological polar surface area (TPSA) is 98.2 Å². The Bertz CT molecular complexity index is 519. The minimum atomic E-state index is -1.07. The van der Waals surface area contributed by atoms with Crippen molar-refractivity contribution in [2.45, 2.75) is 0 Å². The van der Waals surface area contributed by atoms with Gasteiger partial charge in [0.1, 0.15) is 16.1 Å². The molecular weight excluding hydrogens is 288 g/mol. The monoisotopic (exact) mass is 293 g/mol. The zero-order chi connectivity index (χ0) is 13.7. The second kappa shape index (κ2) is 6.23. The van der Waals surface area contributed by atoms with Crippen LogP contribution in [0, 0.1) is 17.3 Å². The Labute approximate surface area is 111 Å². The smallest absolute Gasteiger partial charge is 0.345 e. The summed E-state index contributed by atoms with van der Waals surface area (Å²) in [6, 6.07) is 1.60. The molecule has 0 fully saturated rings.